The van der Waals surface area contributed by atoms with Crippen LogP contribution in [0.2, 0.25) is 0 Å². The second-order valence-corrected chi connectivity index (χ2v) is 4.19. The predicted octanol–water partition coefficient (Wildman–Crippen LogP) is 2.24. The molecule has 0 aromatic carbocycles. The molecule has 0 radical (unpaired) electrons. The van der Waals surface area contributed by atoms with Gasteiger partial charge in [-0.15, -0.1) is 0 Å². The highest BCUT2D eigenvalue weighted by Gasteiger charge is 2.35. The number of hydrogen-bond acceptors (Lipinski definition) is 2. The van der Waals surface area contributed by atoms with Crippen LogP contribution in [-0.2, 0) is 4.79 Å². The fourth-order valence-electron chi connectivity index (χ4n) is 1.72. The van der Waals surface area contributed by atoms with Gasteiger partial charge in [0.1, 0.15) is 6.04 Å². The molecule has 3 N–H and O–H groups in total. The first-order chi connectivity index (χ1) is 7.71. The maximum atomic E-state index is 12.4. The topological polar surface area (TPSA) is 63.3 Å². The van der Waals surface area contributed by atoms with Gasteiger partial charge in [0.25, 0.3) is 0 Å². The number of rotatable bonds is 3. The van der Waals surface area contributed by atoms with Crippen molar-refractivity contribution in [3.8, 4) is 0 Å². The van der Waals surface area contributed by atoms with E-state index in [0.717, 1.165) is 6.08 Å². The van der Waals surface area contributed by atoms with Crippen LogP contribution >= 0.6 is 0 Å². The van der Waals surface area contributed by atoms with E-state index in [1.807, 2.05) is 0 Å². The van der Waals surface area contributed by atoms with Gasteiger partial charge in [-0.3, -0.25) is 4.79 Å². The molecule has 3 nitrogen and oxygen atoms in total. The highest BCUT2D eigenvalue weighted by molar-refractivity contribution is 5.73. The number of hydrogen-bond donors (Lipinski definition) is 2. The van der Waals surface area contributed by atoms with E-state index < -0.39 is 23.8 Å². The van der Waals surface area contributed by atoms with Crippen LogP contribution < -0.4 is 5.73 Å². The minimum Gasteiger partial charge on any atom is -0.480 e. The molecule has 0 saturated heterocycles. The Morgan fingerprint density at radius 3 is 2.59 bits per heavy atom. The fraction of sp³-hybridized carbons (Fsp3) is 0.545. The summed E-state index contributed by atoms with van der Waals surface area (Å²) in [6, 6.07) is -1.07. The molecule has 1 aliphatic carbocycles. The first-order valence-corrected chi connectivity index (χ1v) is 5.17. The van der Waals surface area contributed by atoms with Crippen molar-refractivity contribution in [3.63, 3.8) is 0 Å². The second-order valence-electron chi connectivity index (χ2n) is 4.19. The van der Waals surface area contributed by atoms with Gasteiger partial charge in [0.2, 0.25) is 0 Å². The van der Waals surface area contributed by atoms with Gasteiger partial charge >= 0.3 is 12.1 Å². The van der Waals surface area contributed by atoms with Crippen LogP contribution in [0.1, 0.15) is 19.8 Å². The van der Waals surface area contributed by atoms with Crippen molar-refractivity contribution < 1.29 is 23.1 Å². The van der Waals surface area contributed by atoms with E-state index in [0.29, 0.717) is 5.57 Å². The van der Waals surface area contributed by atoms with Crippen LogP contribution in [0.25, 0.3) is 0 Å². The number of carbonyl (C=O) groups is 1. The summed E-state index contributed by atoms with van der Waals surface area (Å²) in [5, 5.41) is 8.63. The molecule has 96 valence electrons. The molecule has 0 aromatic heterocycles. The van der Waals surface area contributed by atoms with Crippen molar-refractivity contribution in [2.45, 2.75) is 32.0 Å². The lowest BCUT2D eigenvalue weighted by molar-refractivity contribution is -0.138. The Hall–Kier alpha value is -1.30. The minimum atomic E-state index is -4.31. The third-order valence-corrected chi connectivity index (χ3v) is 2.79. The van der Waals surface area contributed by atoms with Crippen LogP contribution in [-0.4, -0.2) is 23.3 Å². The molecule has 0 aromatic rings. The fourth-order valence-corrected chi connectivity index (χ4v) is 1.72. The molecule has 0 heterocycles. The first-order valence-electron chi connectivity index (χ1n) is 5.17. The van der Waals surface area contributed by atoms with Crippen molar-refractivity contribution in [2.75, 3.05) is 0 Å². The predicted molar refractivity (Wildman–Crippen MR) is 56.2 cm³/mol. The van der Waals surface area contributed by atoms with Gasteiger partial charge in [0, 0.05) is 5.57 Å². The minimum absolute atomic E-state index is 0.0815. The average molecular weight is 249 g/mol. The van der Waals surface area contributed by atoms with E-state index in [-0.39, 0.29) is 18.8 Å². The number of aliphatic carboxylic acids is 1. The molecule has 0 aliphatic heterocycles. The van der Waals surface area contributed by atoms with Crippen molar-refractivity contribution in [2.24, 2.45) is 11.7 Å². The zero-order valence-corrected chi connectivity index (χ0v) is 9.29. The number of carboxylic acids is 1. The molecule has 0 fully saturated rings. The van der Waals surface area contributed by atoms with Crippen LogP contribution in [0.4, 0.5) is 13.2 Å². The molecule has 0 amide bonds. The molecule has 1 aliphatic rings. The normalized spacial score (nSPS) is 22.8. The van der Waals surface area contributed by atoms with Crippen LogP contribution in [0.3, 0.4) is 0 Å². The summed E-state index contributed by atoms with van der Waals surface area (Å²) in [7, 11) is 0. The summed E-state index contributed by atoms with van der Waals surface area (Å²) in [5.41, 5.74) is 5.41. The lowest BCUT2D eigenvalue weighted by Crippen LogP contribution is -2.31. The van der Waals surface area contributed by atoms with E-state index in [9.17, 15) is 18.0 Å². The Morgan fingerprint density at radius 1 is 1.59 bits per heavy atom. The van der Waals surface area contributed by atoms with Gasteiger partial charge in [-0.2, -0.15) is 13.2 Å². The van der Waals surface area contributed by atoms with E-state index in [2.05, 4.69) is 0 Å². The smallest absolute Gasteiger partial charge is 0.412 e. The summed E-state index contributed by atoms with van der Waals surface area (Å²) in [4.78, 5) is 10.6. The summed E-state index contributed by atoms with van der Waals surface area (Å²) >= 11 is 0. The highest BCUT2D eigenvalue weighted by atomic mass is 19.4. The summed E-state index contributed by atoms with van der Waals surface area (Å²) in [6.07, 6.45) is -2.02. The number of nitrogens with two attached hydrogens (primary N) is 1. The molecule has 1 unspecified atom stereocenters. The van der Waals surface area contributed by atoms with E-state index in [4.69, 9.17) is 10.8 Å². The third-order valence-electron chi connectivity index (χ3n) is 2.79. The summed E-state index contributed by atoms with van der Waals surface area (Å²) < 4.78 is 37.2. The molecule has 2 atom stereocenters. The van der Waals surface area contributed by atoms with Gasteiger partial charge in [-0.25, -0.2) is 0 Å². The van der Waals surface area contributed by atoms with Crippen LogP contribution in [0.15, 0.2) is 23.3 Å². The summed E-state index contributed by atoms with van der Waals surface area (Å²) in [5.74, 6) is -1.48. The van der Waals surface area contributed by atoms with Gasteiger partial charge < -0.3 is 10.8 Å². The Labute approximate surface area is 96.8 Å². The lowest BCUT2D eigenvalue weighted by atomic mass is 9.85. The molecular weight excluding hydrogens is 235 g/mol. The third kappa shape index (κ3) is 3.59. The Bertz CT molecular complexity index is 371. The number of halogens is 3. The first kappa shape index (κ1) is 13.8. The number of alkyl halides is 3. The number of carboxylic acid groups (broad SMARTS) is 1. The monoisotopic (exact) mass is 249 g/mol. The lowest BCUT2D eigenvalue weighted by Gasteiger charge is -2.24. The van der Waals surface area contributed by atoms with Gasteiger partial charge in [0.05, 0.1) is 0 Å². The van der Waals surface area contributed by atoms with E-state index >= 15 is 0 Å². The largest absolute Gasteiger partial charge is 0.480 e. The highest BCUT2D eigenvalue weighted by Crippen LogP contribution is 2.36. The van der Waals surface area contributed by atoms with E-state index in [1.54, 1.807) is 6.92 Å². The zero-order valence-electron chi connectivity index (χ0n) is 9.29. The number of allylic oxidation sites excluding steroid dienone is 3. The van der Waals surface area contributed by atoms with Crippen molar-refractivity contribution in [3.05, 3.63) is 23.3 Å². The van der Waals surface area contributed by atoms with Crippen molar-refractivity contribution >= 4 is 5.97 Å². The van der Waals surface area contributed by atoms with Gasteiger partial charge in [-0.1, -0.05) is 24.6 Å². The molecule has 17 heavy (non-hydrogen) atoms. The maximum absolute atomic E-state index is 12.4. The summed E-state index contributed by atoms with van der Waals surface area (Å²) in [6.45, 7) is 1.64. The second kappa shape index (κ2) is 4.91. The quantitative estimate of drug-likeness (QED) is 0.806. The Balaban J connectivity index is 2.79. The van der Waals surface area contributed by atoms with Crippen LogP contribution in [0.5, 0.6) is 0 Å². The SMILES string of the molecule is CC1CC(C(F)(F)F)=CC=C1C[C@H](N)C(=O)O. The Morgan fingerprint density at radius 2 is 2.18 bits per heavy atom. The van der Waals surface area contributed by atoms with E-state index in [1.165, 1.54) is 6.08 Å². The molecular formula is C11H14F3NO2. The van der Waals surface area contributed by atoms with Gasteiger partial charge in [-0.05, 0) is 18.8 Å². The Kier molecular flexibility index (Phi) is 3.98. The standard InChI is InChI=1S/C11H14F3NO2/c1-6-4-8(11(12,13)14)3-2-7(6)5-9(15)10(16)17/h2-3,6,9H,4-5,15H2,1H3,(H,16,17)/t6?,9-/m0/s1. The molecule has 6 heteroatoms. The van der Waals surface area contributed by atoms with Gasteiger partial charge in [0.15, 0.2) is 0 Å². The molecule has 1 rings (SSSR count). The average Bonchev–Trinajstić information content (AvgIpc) is 2.19. The molecule has 0 spiro atoms. The molecule has 0 saturated carbocycles. The zero-order chi connectivity index (χ0) is 13.2. The van der Waals surface area contributed by atoms with Crippen molar-refractivity contribution in [1.82, 2.24) is 0 Å². The van der Waals surface area contributed by atoms with Crippen molar-refractivity contribution in [1.29, 1.82) is 0 Å². The maximum Gasteiger partial charge on any atom is 0.412 e. The van der Waals surface area contributed by atoms with Crippen LogP contribution in [0, 0.1) is 5.92 Å². The molecule has 0 bridgehead atoms.